The Kier molecular flexibility index (Phi) is 1.36. The summed E-state index contributed by atoms with van der Waals surface area (Å²) in [7, 11) is 0. The third-order valence-electron chi connectivity index (χ3n) is 11.9. The van der Waals surface area contributed by atoms with Gasteiger partial charge in [0.2, 0.25) is 0 Å². The summed E-state index contributed by atoms with van der Waals surface area (Å²) in [5.74, 6) is 16.9. The molecule has 0 heteroatoms. The first kappa shape index (κ1) is 10.7. The van der Waals surface area contributed by atoms with Crippen LogP contribution in [0.4, 0.5) is 0 Å². The third kappa shape index (κ3) is 0.703. The SMILES string of the molecule is CC1[C@@H]2[C@@H]3CC[C@H]4C5[C@@H]6CC[C@H]7[C@H]1[C@H]1[C@H]2[C@@H]([C@H]34)C5(C)[C@H]1[C@H]76. The van der Waals surface area contributed by atoms with Crippen molar-refractivity contribution in [2.24, 2.45) is 88.3 Å². The molecule has 0 heterocycles. The lowest BCUT2D eigenvalue weighted by atomic mass is 9.69. The number of hydrogen-bond acceptors (Lipinski definition) is 0. The Morgan fingerprint density at radius 3 is 1.57 bits per heavy atom. The molecular weight excluding hydrogens is 252 g/mol. The second-order valence-corrected chi connectivity index (χ2v) is 11.1. The number of hydrogen-bond donors (Lipinski definition) is 0. The predicted octanol–water partition coefficient (Wildman–Crippen LogP) is 4.31. The van der Waals surface area contributed by atoms with Gasteiger partial charge in [-0.1, -0.05) is 13.8 Å². The lowest BCUT2D eigenvalue weighted by molar-refractivity contribution is 0.123. The van der Waals surface area contributed by atoms with Gasteiger partial charge in [-0.2, -0.15) is 0 Å². The van der Waals surface area contributed by atoms with E-state index in [0.29, 0.717) is 0 Å². The quantitative estimate of drug-likeness (QED) is 0.620. The summed E-state index contributed by atoms with van der Waals surface area (Å²) >= 11 is 0. The minimum absolute atomic E-state index is 0.848. The Morgan fingerprint density at radius 2 is 1.05 bits per heavy atom. The topological polar surface area (TPSA) is 0 Å². The van der Waals surface area contributed by atoms with E-state index in [1.165, 1.54) is 76.9 Å². The Hall–Kier alpha value is 0. The molecule has 21 heavy (non-hydrogen) atoms. The summed E-state index contributed by atoms with van der Waals surface area (Å²) in [6.45, 7) is 5.58. The molecule has 0 N–H and O–H groups in total. The van der Waals surface area contributed by atoms with Gasteiger partial charge in [0, 0.05) is 0 Å². The fourth-order valence-electron chi connectivity index (χ4n) is 12.8. The van der Waals surface area contributed by atoms with Gasteiger partial charge in [0.1, 0.15) is 0 Å². The highest BCUT2D eigenvalue weighted by molar-refractivity contribution is 5.35. The van der Waals surface area contributed by atoms with E-state index < -0.39 is 0 Å². The maximum absolute atomic E-state index is 2.85. The van der Waals surface area contributed by atoms with Gasteiger partial charge in [-0.3, -0.25) is 0 Å². The summed E-state index contributed by atoms with van der Waals surface area (Å²) in [6.07, 6.45) is 6.60. The second kappa shape index (κ2) is 2.67. The first-order valence-electron chi connectivity index (χ1n) is 10.2. The van der Waals surface area contributed by atoms with Gasteiger partial charge in [0.25, 0.3) is 0 Å². The van der Waals surface area contributed by atoms with Crippen molar-refractivity contribution in [2.45, 2.75) is 39.5 Å². The minimum Gasteiger partial charge on any atom is -0.0619 e. The van der Waals surface area contributed by atoms with Gasteiger partial charge in [-0.15, -0.1) is 0 Å². The zero-order valence-electron chi connectivity index (χ0n) is 13.4. The first-order chi connectivity index (χ1) is 10.2. The Balaban J connectivity index is 1.52. The van der Waals surface area contributed by atoms with Crippen molar-refractivity contribution in [1.82, 2.24) is 0 Å². The van der Waals surface area contributed by atoms with Crippen LogP contribution in [0.3, 0.4) is 0 Å². The van der Waals surface area contributed by atoms with E-state index in [1.807, 2.05) is 0 Å². The molecule has 8 aliphatic carbocycles. The molecule has 15 atom stereocenters. The average molecular weight is 280 g/mol. The molecule has 0 spiro atoms. The van der Waals surface area contributed by atoms with Crippen LogP contribution in [0.5, 0.6) is 0 Å². The highest BCUT2D eigenvalue weighted by Gasteiger charge is 2.88. The minimum atomic E-state index is 0.848. The molecule has 8 rings (SSSR count). The van der Waals surface area contributed by atoms with Crippen LogP contribution in [0.1, 0.15) is 39.5 Å². The van der Waals surface area contributed by atoms with E-state index in [1.54, 1.807) is 25.7 Å². The lowest BCUT2D eigenvalue weighted by Crippen LogP contribution is -2.30. The fraction of sp³-hybridized carbons (Fsp3) is 1.00. The molecule has 0 aromatic rings. The van der Waals surface area contributed by atoms with Crippen molar-refractivity contribution in [2.75, 3.05) is 0 Å². The molecule has 0 amide bonds. The van der Waals surface area contributed by atoms with Gasteiger partial charge in [-0.05, 0) is 114 Å². The van der Waals surface area contributed by atoms with Crippen LogP contribution in [0.25, 0.3) is 0 Å². The maximum atomic E-state index is 2.85. The Morgan fingerprint density at radius 1 is 0.571 bits per heavy atom. The molecule has 0 bridgehead atoms. The summed E-state index contributed by atoms with van der Waals surface area (Å²) in [5.41, 5.74) is 0.848. The molecule has 0 aromatic carbocycles. The van der Waals surface area contributed by atoms with Crippen LogP contribution in [-0.4, -0.2) is 0 Å². The van der Waals surface area contributed by atoms with Crippen LogP contribution in [0.15, 0.2) is 0 Å². The van der Waals surface area contributed by atoms with Gasteiger partial charge >= 0.3 is 0 Å². The molecule has 0 aliphatic heterocycles. The van der Waals surface area contributed by atoms with Gasteiger partial charge < -0.3 is 0 Å². The summed E-state index contributed by atoms with van der Waals surface area (Å²) in [4.78, 5) is 0. The molecule has 8 aliphatic rings. The number of fused-ring (bicyclic) bond motifs is 4. The van der Waals surface area contributed by atoms with E-state index in [-0.39, 0.29) is 0 Å². The normalized spacial score (nSPS) is 86.0. The van der Waals surface area contributed by atoms with Crippen molar-refractivity contribution in [3.63, 3.8) is 0 Å². The van der Waals surface area contributed by atoms with Crippen LogP contribution < -0.4 is 0 Å². The monoisotopic (exact) mass is 280 g/mol. The third-order valence-corrected chi connectivity index (χ3v) is 11.9. The standard InChI is InChI=1S/C21H28/c1-7-12-8-3-5-10-14(8)19-16(12)17-13(7)9-4-6-11-15(9)20(17)21(19,2)18(10)11/h7-20H,3-6H2,1-2H3/t7?,8-,9-,10+,11+,12-,13+,14+,15+,16-,17-,18?,19-,20+,21?/m0/s1. The summed E-state index contributed by atoms with van der Waals surface area (Å²) < 4.78 is 0. The molecule has 8 saturated carbocycles. The molecular formula is C21H28. The largest absolute Gasteiger partial charge is 0.0619 e. The molecule has 0 radical (unpaired) electrons. The van der Waals surface area contributed by atoms with Gasteiger partial charge in [0.05, 0.1) is 0 Å². The maximum Gasteiger partial charge on any atom is -0.0224 e. The second-order valence-electron chi connectivity index (χ2n) is 11.1. The van der Waals surface area contributed by atoms with Crippen molar-refractivity contribution >= 4 is 0 Å². The zero-order chi connectivity index (χ0) is 13.4. The predicted molar refractivity (Wildman–Crippen MR) is 81.1 cm³/mol. The Labute approximate surface area is 128 Å². The lowest BCUT2D eigenvalue weighted by Gasteiger charge is -2.35. The average Bonchev–Trinajstić information content (AvgIpc) is 3.16. The molecule has 0 nitrogen and oxygen atoms in total. The molecule has 8 fully saturated rings. The number of rotatable bonds is 0. The molecule has 3 unspecified atom stereocenters. The van der Waals surface area contributed by atoms with Crippen LogP contribution >= 0.6 is 0 Å². The van der Waals surface area contributed by atoms with Crippen LogP contribution in [-0.2, 0) is 0 Å². The summed E-state index contributed by atoms with van der Waals surface area (Å²) in [5, 5.41) is 0. The van der Waals surface area contributed by atoms with Gasteiger partial charge in [-0.25, -0.2) is 0 Å². The van der Waals surface area contributed by atoms with Crippen molar-refractivity contribution < 1.29 is 0 Å². The van der Waals surface area contributed by atoms with E-state index in [4.69, 9.17) is 0 Å². The van der Waals surface area contributed by atoms with E-state index in [9.17, 15) is 0 Å². The van der Waals surface area contributed by atoms with Gasteiger partial charge in [0.15, 0.2) is 0 Å². The van der Waals surface area contributed by atoms with E-state index in [2.05, 4.69) is 13.8 Å². The highest BCUT2D eigenvalue weighted by atomic mass is 14.9. The smallest absolute Gasteiger partial charge is 0.0224 e. The molecule has 0 aromatic heterocycles. The van der Waals surface area contributed by atoms with Crippen LogP contribution in [0.2, 0.25) is 0 Å². The van der Waals surface area contributed by atoms with E-state index >= 15 is 0 Å². The van der Waals surface area contributed by atoms with E-state index in [0.717, 1.165) is 11.3 Å². The summed E-state index contributed by atoms with van der Waals surface area (Å²) in [6, 6.07) is 0. The highest BCUT2D eigenvalue weighted by Crippen LogP contribution is 2.92. The van der Waals surface area contributed by atoms with Crippen molar-refractivity contribution in [1.29, 1.82) is 0 Å². The van der Waals surface area contributed by atoms with Crippen LogP contribution in [0, 0.1) is 88.3 Å². The Bertz CT molecular complexity index is 541. The fourth-order valence-corrected chi connectivity index (χ4v) is 12.8. The van der Waals surface area contributed by atoms with Crippen molar-refractivity contribution in [3.05, 3.63) is 0 Å². The van der Waals surface area contributed by atoms with Crippen molar-refractivity contribution in [3.8, 4) is 0 Å². The zero-order valence-corrected chi connectivity index (χ0v) is 13.4. The molecule has 112 valence electrons. The first-order valence-corrected chi connectivity index (χ1v) is 10.2. The molecule has 0 saturated heterocycles.